The lowest BCUT2D eigenvalue weighted by Crippen LogP contribution is -2.09. The van der Waals surface area contributed by atoms with Crippen LogP contribution in [0.1, 0.15) is 19.4 Å². The molecule has 2 aromatic carbocycles. The molecule has 2 aromatic rings. The SMILES string of the molecule is CCOC(=O)C=CC(C)Oc1cccc(Oc2ccc(C(F)(F)F)cc2Cl)c1. The minimum atomic E-state index is -4.48. The minimum absolute atomic E-state index is 0.0853. The van der Waals surface area contributed by atoms with Crippen LogP contribution in [0.25, 0.3) is 0 Å². The van der Waals surface area contributed by atoms with Crippen molar-refractivity contribution >= 4 is 17.6 Å². The fourth-order valence-corrected chi connectivity index (χ4v) is 2.38. The molecule has 0 aliphatic rings. The molecule has 0 bridgehead atoms. The Balaban J connectivity index is 2.06. The van der Waals surface area contributed by atoms with Crippen molar-refractivity contribution in [3.63, 3.8) is 0 Å². The molecule has 0 amide bonds. The van der Waals surface area contributed by atoms with Gasteiger partial charge in [0.25, 0.3) is 0 Å². The highest BCUT2D eigenvalue weighted by atomic mass is 35.5. The summed E-state index contributed by atoms with van der Waals surface area (Å²) in [6, 6.07) is 9.36. The van der Waals surface area contributed by atoms with E-state index in [1.165, 1.54) is 12.2 Å². The van der Waals surface area contributed by atoms with Crippen LogP contribution in [-0.4, -0.2) is 18.7 Å². The fourth-order valence-electron chi connectivity index (χ4n) is 2.16. The third-order valence-corrected chi connectivity index (χ3v) is 3.70. The molecule has 8 heteroatoms. The molecule has 0 N–H and O–H groups in total. The molecule has 2 rings (SSSR count). The van der Waals surface area contributed by atoms with E-state index in [4.69, 9.17) is 25.8 Å². The molecule has 1 atom stereocenters. The van der Waals surface area contributed by atoms with Crippen molar-refractivity contribution in [2.24, 2.45) is 0 Å². The molecule has 0 heterocycles. The summed E-state index contributed by atoms with van der Waals surface area (Å²) in [5.74, 6) is 0.399. The molecule has 0 fully saturated rings. The van der Waals surface area contributed by atoms with Gasteiger partial charge in [-0.15, -0.1) is 0 Å². The van der Waals surface area contributed by atoms with E-state index in [9.17, 15) is 18.0 Å². The summed E-state index contributed by atoms with van der Waals surface area (Å²) in [6.07, 6.45) is -2.09. The van der Waals surface area contributed by atoms with E-state index in [2.05, 4.69) is 0 Å². The van der Waals surface area contributed by atoms with Crippen molar-refractivity contribution < 1.29 is 32.2 Å². The maximum atomic E-state index is 12.7. The van der Waals surface area contributed by atoms with Crippen LogP contribution < -0.4 is 9.47 Å². The van der Waals surface area contributed by atoms with Crippen molar-refractivity contribution in [3.8, 4) is 17.2 Å². The molecule has 1 unspecified atom stereocenters. The largest absolute Gasteiger partial charge is 0.487 e. The molecule has 0 spiro atoms. The van der Waals surface area contributed by atoms with Crippen molar-refractivity contribution in [1.29, 1.82) is 0 Å². The zero-order valence-corrected chi connectivity index (χ0v) is 15.9. The monoisotopic (exact) mass is 414 g/mol. The molecule has 0 saturated carbocycles. The molecular formula is C20H18ClF3O4. The summed E-state index contributed by atoms with van der Waals surface area (Å²) in [7, 11) is 0. The minimum Gasteiger partial charge on any atom is -0.487 e. The second-order valence-corrected chi connectivity index (χ2v) is 6.06. The number of alkyl halides is 3. The summed E-state index contributed by atoms with van der Waals surface area (Å²) in [6.45, 7) is 3.72. The highest BCUT2D eigenvalue weighted by molar-refractivity contribution is 6.32. The van der Waals surface area contributed by atoms with Crippen molar-refractivity contribution in [2.45, 2.75) is 26.1 Å². The van der Waals surface area contributed by atoms with Gasteiger partial charge in [-0.3, -0.25) is 0 Å². The average molecular weight is 415 g/mol. The first kappa shape index (κ1) is 21.6. The average Bonchev–Trinajstić information content (AvgIpc) is 2.61. The van der Waals surface area contributed by atoms with E-state index in [1.54, 1.807) is 38.1 Å². The first-order chi connectivity index (χ1) is 13.2. The van der Waals surface area contributed by atoms with Crippen LogP contribution >= 0.6 is 11.6 Å². The number of halogens is 4. The van der Waals surface area contributed by atoms with Gasteiger partial charge >= 0.3 is 12.1 Å². The first-order valence-electron chi connectivity index (χ1n) is 8.35. The Bertz CT molecular complexity index is 850. The second kappa shape index (κ2) is 9.50. The maximum Gasteiger partial charge on any atom is 0.416 e. The number of esters is 1. The number of hydrogen-bond acceptors (Lipinski definition) is 4. The van der Waals surface area contributed by atoms with Gasteiger partial charge in [-0.2, -0.15) is 13.2 Å². The third kappa shape index (κ3) is 6.49. The van der Waals surface area contributed by atoms with Gasteiger partial charge in [0.2, 0.25) is 0 Å². The van der Waals surface area contributed by atoms with Crippen LogP contribution in [0.5, 0.6) is 17.2 Å². The fraction of sp³-hybridized carbons (Fsp3) is 0.250. The maximum absolute atomic E-state index is 12.7. The molecule has 0 aliphatic carbocycles. The Labute approximate surface area is 165 Å². The van der Waals surface area contributed by atoms with E-state index in [0.717, 1.165) is 18.2 Å². The van der Waals surface area contributed by atoms with Crippen LogP contribution in [0, 0.1) is 0 Å². The molecule has 0 radical (unpaired) electrons. The predicted molar refractivity (Wildman–Crippen MR) is 98.8 cm³/mol. The number of hydrogen-bond donors (Lipinski definition) is 0. The van der Waals surface area contributed by atoms with Gasteiger partial charge in [0.15, 0.2) is 0 Å². The Kier molecular flexibility index (Phi) is 7.34. The van der Waals surface area contributed by atoms with Crippen molar-refractivity contribution in [3.05, 3.63) is 65.2 Å². The second-order valence-electron chi connectivity index (χ2n) is 5.65. The third-order valence-electron chi connectivity index (χ3n) is 3.40. The van der Waals surface area contributed by atoms with Gasteiger partial charge in [-0.25, -0.2) is 4.79 Å². The van der Waals surface area contributed by atoms with Gasteiger partial charge in [-0.1, -0.05) is 17.7 Å². The highest BCUT2D eigenvalue weighted by Gasteiger charge is 2.31. The van der Waals surface area contributed by atoms with Crippen LogP contribution in [0.4, 0.5) is 13.2 Å². The number of ether oxygens (including phenoxy) is 3. The number of carbonyl (C=O) groups excluding carboxylic acids is 1. The van der Waals surface area contributed by atoms with Crippen LogP contribution in [-0.2, 0) is 15.7 Å². The summed E-state index contributed by atoms with van der Waals surface area (Å²) >= 11 is 5.90. The number of carbonyl (C=O) groups is 1. The standard InChI is InChI=1S/C20H18ClF3O4/c1-3-26-19(25)10-7-13(2)27-15-5-4-6-16(12-15)28-18-9-8-14(11-17(18)21)20(22,23)24/h4-13H,3H2,1-2H3. The van der Waals surface area contributed by atoms with Gasteiger partial charge < -0.3 is 14.2 Å². The van der Waals surface area contributed by atoms with E-state index in [0.29, 0.717) is 11.5 Å². The normalized spacial score (nSPS) is 12.6. The van der Waals surface area contributed by atoms with Gasteiger partial charge in [0, 0.05) is 12.1 Å². The molecule has 0 saturated heterocycles. The predicted octanol–water partition coefficient (Wildman–Crippen LogP) is 6.04. The van der Waals surface area contributed by atoms with E-state index in [-0.39, 0.29) is 17.4 Å². The van der Waals surface area contributed by atoms with Gasteiger partial charge in [0.05, 0.1) is 17.2 Å². The summed E-state index contributed by atoms with van der Waals surface area (Å²) in [5, 5.41) is -0.160. The van der Waals surface area contributed by atoms with E-state index < -0.39 is 23.8 Å². The van der Waals surface area contributed by atoms with Gasteiger partial charge in [-0.05, 0) is 50.3 Å². The van der Waals surface area contributed by atoms with E-state index in [1.807, 2.05) is 0 Å². The van der Waals surface area contributed by atoms with Crippen LogP contribution in [0.3, 0.4) is 0 Å². The molecule has 4 nitrogen and oxygen atoms in total. The van der Waals surface area contributed by atoms with E-state index >= 15 is 0 Å². The van der Waals surface area contributed by atoms with Crippen molar-refractivity contribution in [2.75, 3.05) is 6.61 Å². The van der Waals surface area contributed by atoms with Crippen LogP contribution in [0.2, 0.25) is 5.02 Å². The number of benzene rings is 2. The molecule has 0 aromatic heterocycles. The zero-order chi connectivity index (χ0) is 20.7. The molecule has 28 heavy (non-hydrogen) atoms. The lowest BCUT2D eigenvalue weighted by molar-refractivity contribution is -0.138. The molecular weight excluding hydrogens is 397 g/mol. The quantitative estimate of drug-likeness (QED) is 0.409. The lowest BCUT2D eigenvalue weighted by Gasteiger charge is -2.14. The Morgan fingerprint density at radius 3 is 2.54 bits per heavy atom. The molecule has 0 aliphatic heterocycles. The van der Waals surface area contributed by atoms with Gasteiger partial charge in [0.1, 0.15) is 23.4 Å². The summed E-state index contributed by atoms with van der Waals surface area (Å²) in [5.41, 5.74) is -0.857. The smallest absolute Gasteiger partial charge is 0.416 e. The number of rotatable bonds is 7. The van der Waals surface area contributed by atoms with Crippen molar-refractivity contribution in [1.82, 2.24) is 0 Å². The summed E-state index contributed by atoms with van der Waals surface area (Å²) in [4.78, 5) is 11.3. The Morgan fingerprint density at radius 1 is 1.18 bits per heavy atom. The Morgan fingerprint density at radius 2 is 1.89 bits per heavy atom. The lowest BCUT2D eigenvalue weighted by atomic mass is 10.2. The highest BCUT2D eigenvalue weighted by Crippen LogP contribution is 2.36. The molecule has 150 valence electrons. The Hall–Kier alpha value is -2.67. The summed E-state index contributed by atoms with van der Waals surface area (Å²) < 4.78 is 54.1. The zero-order valence-electron chi connectivity index (χ0n) is 15.1. The topological polar surface area (TPSA) is 44.8 Å². The van der Waals surface area contributed by atoms with Crippen LogP contribution in [0.15, 0.2) is 54.6 Å². The first-order valence-corrected chi connectivity index (χ1v) is 8.73.